The van der Waals surface area contributed by atoms with Crippen molar-refractivity contribution in [2.45, 2.75) is 26.2 Å². The Balaban J connectivity index is 1.98. The molecule has 0 aliphatic carbocycles. The molecule has 53 valence electrons. The third-order valence-corrected chi connectivity index (χ3v) is 1.26. The van der Waals surface area contributed by atoms with Crippen LogP contribution in [0.4, 0.5) is 0 Å². The molecule has 0 unspecified atom stereocenters. The van der Waals surface area contributed by atoms with E-state index < -0.39 is 0 Å². The average molecular weight is 129 g/mol. The van der Waals surface area contributed by atoms with Crippen LogP contribution in [0.25, 0.3) is 0 Å². The second-order valence-electron chi connectivity index (χ2n) is 2.17. The summed E-state index contributed by atoms with van der Waals surface area (Å²) in [7, 11) is 0. The first-order valence-corrected chi connectivity index (χ1v) is 3.55. The quantitative estimate of drug-likeness (QED) is 0.577. The third-order valence-electron chi connectivity index (χ3n) is 1.26. The Hall–Kier alpha value is -0.0800. The highest BCUT2D eigenvalue weighted by Crippen LogP contribution is 2.20. The molecule has 1 aliphatic heterocycles. The van der Waals surface area contributed by atoms with Crippen LogP contribution in [0.1, 0.15) is 26.2 Å². The molecule has 0 spiro atoms. The monoisotopic (exact) mass is 129 g/mol. The predicted octanol–water partition coefficient (Wildman–Crippen LogP) is 1.71. The molecule has 1 saturated heterocycles. The molecule has 1 radical (unpaired) electrons. The van der Waals surface area contributed by atoms with Crippen molar-refractivity contribution in [2.24, 2.45) is 0 Å². The van der Waals surface area contributed by atoms with E-state index in [0.29, 0.717) is 0 Å². The molecule has 1 aliphatic rings. The number of hydrogen-bond donors (Lipinski definition) is 0. The van der Waals surface area contributed by atoms with E-state index in [-0.39, 0.29) is 0 Å². The van der Waals surface area contributed by atoms with Crippen molar-refractivity contribution in [3.8, 4) is 0 Å². The van der Waals surface area contributed by atoms with E-state index in [1.54, 1.807) is 0 Å². The van der Waals surface area contributed by atoms with Crippen molar-refractivity contribution in [1.82, 2.24) is 0 Å². The largest absolute Gasteiger partial charge is 0.345 e. The van der Waals surface area contributed by atoms with Crippen LogP contribution in [0.3, 0.4) is 0 Å². The fraction of sp³-hybridized carbons (Fsp3) is 0.857. The average Bonchev–Trinajstić information content (AvgIpc) is 2.34. The van der Waals surface area contributed by atoms with E-state index in [9.17, 15) is 0 Å². The van der Waals surface area contributed by atoms with Gasteiger partial charge in [0.05, 0.1) is 6.61 Å². The first-order chi connectivity index (χ1) is 4.43. The zero-order valence-corrected chi connectivity index (χ0v) is 5.85. The molecule has 0 aromatic heterocycles. The highest BCUT2D eigenvalue weighted by molar-refractivity contribution is 4.71. The minimum absolute atomic E-state index is 0.801. The Morgan fingerprint density at radius 1 is 1.67 bits per heavy atom. The zero-order valence-electron chi connectivity index (χ0n) is 5.85. The predicted molar refractivity (Wildman–Crippen MR) is 34.7 cm³/mol. The highest BCUT2D eigenvalue weighted by atomic mass is 16.7. The topological polar surface area (TPSA) is 18.5 Å². The van der Waals surface area contributed by atoms with E-state index in [1.807, 2.05) is 0 Å². The Morgan fingerprint density at radius 3 is 3.11 bits per heavy atom. The standard InChI is InChI=1S/C7H13O2/c1-2-5-8-7-4-3-6-9-7/h2-6H2,1H3. The van der Waals surface area contributed by atoms with Gasteiger partial charge in [0.1, 0.15) is 0 Å². The normalized spacial score (nSPS) is 21.0. The van der Waals surface area contributed by atoms with Gasteiger partial charge in [0.15, 0.2) is 0 Å². The van der Waals surface area contributed by atoms with Gasteiger partial charge in [0.25, 0.3) is 0 Å². The summed E-state index contributed by atoms with van der Waals surface area (Å²) in [6.45, 7) is 3.74. The van der Waals surface area contributed by atoms with Crippen molar-refractivity contribution in [2.75, 3.05) is 13.2 Å². The van der Waals surface area contributed by atoms with Gasteiger partial charge < -0.3 is 9.47 Å². The lowest BCUT2D eigenvalue weighted by molar-refractivity contribution is -0.0145. The van der Waals surface area contributed by atoms with Crippen LogP contribution in [0.5, 0.6) is 0 Å². The van der Waals surface area contributed by atoms with Gasteiger partial charge in [-0.25, -0.2) is 0 Å². The van der Waals surface area contributed by atoms with Crippen LogP contribution >= 0.6 is 0 Å². The number of hydrogen-bond acceptors (Lipinski definition) is 2. The van der Waals surface area contributed by atoms with Crippen LogP contribution in [0.15, 0.2) is 0 Å². The van der Waals surface area contributed by atoms with Crippen molar-refractivity contribution in [3.05, 3.63) is 6.29 Å². The molecular formula is C7H13O2. The van der Waals surface area contributed by atoms with Gasteiger partial charge in [-0.05, 0) is 12.8 Å². The van der Waals surface area contributed by atoms with Crippen LogP contribution in [-0.4, -0.2) is 13.2 Å². The fourth-order valence-electron chi connectivity index (χ4n) is 0.804. The summed E-state index contributed by atoms with van der Waals surface area (Å²) < 4.78 is 10.4. The summed E-state index contributed by atoms with van der Waals surface area (Å²) in [4.78, 5) is 0. The molecule has 1 heterocycles. The van der Waals surface area contributed by atoms with Gasteiger partial charge in [0, 0.05) is 13.0 Å². The first-order valence-electron chi connectivity index (χ1n) is 3.55. The van der Waals surface area contributed by atoms with Crippen molar-refractivity contribution >= 4 is 0 Å². The molecule has 1 fully saturated rings. The van der Waals surface area contributed by atoms with Gasteiger partial charge in [-0.2, -0.15) is 0 Å². The number of ether oxygens (including phenoxy) is 2. The summed E-state index contributed by atoms with van der Waals surface area (Å²) in [5.74, 6) is 0. The van der Waals surface area contributed by atoms with E-state index in [1.165, 1.54) is 0 Å². The Kier molecular flexibility index (Phi) is 3.01. The van der Waals surface area contributed by atoms with Crippen molar-refractivity contribution in [3.63, 3.8) is 0 Å². The van der Waals surface area contributed by atoms with Gasteiger partial charge in [0.2, 0.25) is 6.29 Å². The summed E-state index contributed by atoms with van der Waals surface area (Å²) in [5, 5.41) is 0. The lowest BCUT2D eigenvalue weighted by Gasteiger charge is -2.06. The molecule has 0 aromatic carbocycles. The Morgan fingerprint density at radius 2 is 2.56 bits per heavy atom. The van der Waals surface area contributed by atoms with Crippen molar-refractivity contribution in [1.29, 1.82) is 0 Å². The van der Waals surface area contributed by atoms with Crippen LogP contribution in [0, 0.1) is 6.29 Å². The summed E-state index contributed by atoms with van der Waals surface area (Å²) in [6, 6.07) is 0. The molecular weight excluding hydrogens is 116 g/mol. The molecule has 2 nitrogen and oxygen atoms in total. The molecule has 0 N–H and O–H groups in total. The summed E-state index contributed by atoms with van der Waals surface area (Å²) >= 11 is 0. The van der Waals surface area contributed by atoms with E-state index >= 15 is 0 Å². The molecule has 9 heavy (non-hydrogen) atoms. The lowest BCUT2D eigenvalue weighted by Crippen LogP contribution is -2.01. The molecule has 0 bridgehead atoms. The summed E-state index contributed by atoms with van der Waals surface area (Å²) in [5.41, 5.74) is 0. The van der Waals surface area contributed by atoms with Gasteiger partial charge in [-0.3, -0.25) is 0 Å². The van der Waals surface area contributed by atoms with Crippen molar-refractivity contribution < 1.29 is 9.47 Å². The second kappa shape index (κ2) is 3.85. The van der Waals surface area contributed by atoms with E-state index in [4.69, 9.17) is 9.47 Å². The molecule has 2 heteroatoms. The minimum atomic E-state index is 0.801. The minimum Gasteiger partial charge on any atom is -0.345 e. The molecule has 0 amide bonds. The maximum atomic E-state index is 5.25. The Labute approximate surface area is 56.2 Å². The number of rotatable bonds is 3. The first kappa shape index (κ1) is 7.03. The summed E-state index contributed by atoms with van der Waals surface area (Å²) in [6.07, 6.45) is 4.03. The van der Waals surface area contributed by atoms with Gasteiger partial charge in [-0.1, -0.05) is 6.92 Å². The maximum absolute atomic E-state index is 5.25. The van der Waals surface area contributed by atoms with Gasteiger partial charge in [-0.15, -0.1) is 0 Å². The van der Waals surface area contributed by atoms with E-state index in [0.717, 1.165) is 38.8 Å². The zero-order chi connectivity index (χ0) is 6.53. The van der Waals surface area contributed by atoms with E-state index in [2.05, 4.69) is 6.92 Å². The fourth-order valence-corrected chi connectivity index (χ4v) is 0.804. The second-order valence-corrected chi connectivity index (χ2v) is 2.17. The molecule has 0 atom stereocenters. The molecule has 0 saturated carbocycles. The van der Waals surface area contributed by atoms with Crippen LogP contribution < -0.4 is 0 Å². The van der Waals surface area contributed by atoms with Crippen LogP contribution in [-0.2, 0) is 9.47 Å². The van der Waals surface area contributed by atoms with Gasteiger partial charge >= 0.3 is 0 Å². The SMILES string of the molecule is CCCO[C]1CCCO1. The molecule has 1 rings (SSSR count). The van der Waals surface area contributed by atoms with Crippen LogP contribution in [0.2, 0.25) is 0 Å². The maximum Gasteiger partial charge on any atom is 0.223 e. The highest BCUT2D eigenvalue weighted by Gasteiger charge is 2.16. The lowest BCUT2D eigenvalue weighted by atomic mass is 10.4. The third kappa shape index (κ3) is 2.33. The smallest absolute Gasteiger partial charge is 0.223 e. The molecule has 0 aromatic rings. The Bertz CT molecular complexity index is 67.3.